The number of nitrogens with zero attached hydrogens (tertiary/aromatic N) is 3. The highest BCUT2D eigenvalue weighted by molar-refractivity contribution is 14.1. The number of hydrogen-bond acceptors (Lipinski definition) is 3. The number of aromatic nitrogens is 4. The Kier molecular flexibility index (Phi) is 1.63. The maximum Gasteiger partial charge on any atom is 0.276 e. The highest BCUT2D eigenvalue weighted by Gasteiger charge is 2.04. The Labute approximate surface area is 81.0 Å². The molecule has 2 heterocycles. The minimum atomic E-state index is -0.155. The maximum atomic E-state index is 11.3. The molecular weight excluding hydrogens is 271 g/mol. The molecule has 0 aliphatic rings. The van der Waals surface area contributed by atoms with Crippen molar-refractivity contribution in [2.24, 2.45) is 0 Å². The fourth-order valence-electron chi connectivity index (χ4n) is 0.976. The van der Waals surface area contributed by atoms with Crippen LogP contribution in [-0.4, -0.2) is 19.6 Å². The van der Waals surface area contributed by atoms with Crippen molar-refractivity contribution in [3.8, 4) is 0 Å². The molecule has 6 heteroatoms. The third-order valence-corrected chi connectivity index (χ3v) is 2.21. The largest absolute Gasteiger partial charge is 0.307 e. The first-order chi connectivity index (χ1) is 5.68. The fourth-order valence-corrected chi connectivity index (χ4v) is 1.48. The molecule has 0 unspecified atom stereocenters. The lowest BCUT2D eigenvalue weighted by atomic mass is 10.6. The third kappa shape index (κ3) is 1.02. The minimum Gasteiger partial charge on any atom is -0.307 e. The number of aryl methyl sites for hydroxylation is 1. The van der Waals surface area contributed by atoms with E-state index in [1.165, 1.54) is 10.7 Å². The Hall–Kier alpha value is -0.920. The number of rotatable bonds is 0. The van der Waals surface area contributed by atoms with Crippen molar-refractivity contribution in [1.29, 1.82) is 0 Å². The molecule has 0 amide bonds. The average Bonchev–Trinajstić information content (AvgIpc) is 2.33. The van der Waals surface area contributed by atoms with Crippen LogP contribution in [0.25, 0.3) is 5.52 Å². The van der Waals surface area contributed by atoms with Gasteiger partial charge in [0, 0.05) is 22.6 Å². The lowest BCUT2D eigenvalue weighted by Gasteiger charge is -1.94. The van der Waals surface area contributed by atoms with Crippen molar-refractivity contribution in [3.05, 3.63) is 26.2 Å². The molecule has 0 aliphatic carbocycles. The molecule has 0 aromatic carbocycles. The number of halogens is 1. The van der Waals surface area contributed by atoms with Crippen molar-refractivity contribution < 1.29 is 0 Å². The predicted molar refractivity (Wildman–Crippen MR) is 51.1 cm³/mol. The summed E-state index contributed by atoms with van der Waals surface area (Å²) in [6.45, 7) is 1.73. The van der Waals surface area contributed by atoms with E-state index in [2.05, 4.69) is 15.1 Å². The van der Waals surface area contributed by atoms with E-state index in [1.54, 1.807) is 6.92 Å². The highest BCUT2D eigenvalue weighted by Crippen LogP contribution is 2.01. The fraction of sp³-hybridized carbons (Fsp3) is 0.167. The molecule has 0 bridgehead atoms. The number of imidazole rings is 1. The summed E-state index contributed by atoms with van der Waals surface area (Å²) in [6.07, 6.45) is 1.51. The molecule has 0 spiro atoms. The second-order valence-electron chi connectivity index (χ2n) is 2.36. The zero-order chi connectivity index (χ0) is 8.72. The molecule has 2 rings (SSSR count). The second-order valence-corrected chi connectivity index (χ2v) is 3.33. The molecule has 0 saturated carbocycles. The average molecular weight is 276 g/mol. The number of H-pyrrole nitrogens is 1. The Balaban J connectivity index is 3.03. The van der Waals surface area contributed by atoms with Gasteiger partial charge in [-0.05, 0) is 6.92 Å². The van der Waals surface area contributed by atoms with Gasteiger partial charge in [0.25, 0.3) is 5.56 Å². The van der Waals surface area contributed by atoms with Crippen LogP contribution in [0.4, 0.5) is 0 Å². The Morgan fingerprint density at radius 3 is 3.17 bits per heavy atom. The van der Waals surface area contributed by atoms with Gasteiger partial charge in [-0.15, -0.1) is 0 Å². The van der Waals surface area contributed by atoms with E-state index in [1.807, 2.05) is 22.6 Å². The van der Waals surface area contributed by atoms with Crippen molar-refractivity contribution in [2.45, 2.75) is 6.92 Å². The smallest absolute Gasteiger partial charge is 0.276 e. The summed E-state index contributed by atoms with van der Waals surface area (Å²) in [5.74, 6) is 0.586. The first-order valence-corrected chi connectivity index (χ1v) is 4.36. The summed E-state index contributed by atoms with van der Waals surface area (Å²) >= 11 is 2.02. The number of aromatic amines is 1. The van der Waals surface area contributed by atoms with Crippen molar-refractivity contribution >= 4 is 28.1 Å². The van der Waals surface area contributed by atoms with Crippen LogP contribution in [0.1, 0.15) is 5.82 Å². The van der Waals surface area contributed by atoms with Gasteiger partial charge in [0.2, 0.25) is 0 Å². The molecule has 0 fully saturated rings. The van der Waals surface area contributed by atoms with E-state index in [9.17, 15) is 4.79 Å². The molecule has 12 heavy (non-hydrogen) atoms. The molecule has 0 saturated heterocycles. The van der Waals surface area contributed by atoms with Gasteiger partial charge in [-0.3, -0.25) is 4.79 Å². The van der Waals surface area contributed by atoms with E-state index < -0.39 is 0 Å². The highest BCUT2D eigenvalue weighted by atomic mass is 127. The Bertz CT molecular complexity index is 486. The topological polar surface area (TPSA) is 63.1 Å². The summed E-state index contributed by atoms with van der Waals surface area (Å²) in [4.78, 5) is 17.8. The predicted octanol–water partition coefficient (Wildman–Crippen LogP) is 0.331. The van der Waals surface area contributed by atoms with Gasteiger partial charge in [-0.1, -0.05) is 0 Å². The van der Waals surface area contributed by atoms with Crippen LogP contribution in [-0.2, 0) is 0 Å². The Morgan fingerprint density at radius 1 is 1.67 bits per heavy atom. The van der Waals surface area contributed by atoms with Crippen molar-refractivity contribution in [3.63, 3.8) is 0 Å². The minimum absolute atomic E-state index is 0.155. The van der Waals surface area contributed by atoms with Crippen LogP contribution in [0.5, 0.6) is 0 Å². The van der Waals surface area contributed by atoms with E-state index in [4.69, 9.17) is 0 Å². The second kappa shape index (κ2) is 2.54. The third-order valence-electron chi connectivity index (χ3n) is 1.47. The van der Waals surface area contributed by atoms with Crippen LogP contribution in [0, 0.1) is 10.8 Å². The zero-order valence-corrected chi connectivity index (χ0v) is 8.36. The van der Waals surface area contributed by atoms with Crippen LogP contribution in [0.15, 0.2) is 11.0 Å². The van der Waals surface area contributed by atoms with Crippen LogP contribution < -0.4 is 5.56 Å². The van der Waals surface area contributed by atoms with Crippen LogP contribution in [0.3, 0.4) is 0 Å². The lowest BCUT2D eigenvalue weighted by Crippen LogP contribution is -2.14. The van der Waals surface area contributed by atoms with Gasteiger partial charge in [0.05, 0.1) is 6.20 Å². The van der Waals surface area contributed by atoms with Gasteiger partial charge >= 0.3 is 0 Å². The van der Waals surface area contributed by atoms with Gasteiger partial charge in [0.15, 0.2) is 9.35 Å². The molecule has 0 atom stereocenters. The SMILES string of the molecule is Cc1nn2c(I)ncc2c(=O)[nH]1. The first-order valence-electron chi connectivity index (χ1n) is 3.28. The van der Waals surface area contributed by atoms with E-state index in [-0.39, 0.29) is 5.56 Å². The quantitative estimate of drug-likeness (QED) is 0.705. The van der Waals surface area contributed by atoms with E-state index >= 15 is 0 Å². The summed E-state index contributed by atoms with van der Waals surface area (Å²) in [6, 6.07) is 0. The molecule has 2 aromatic rings. The summed E-state index contributed by atoms with van der Waals surface area (Å²) in [7, 11) is 0. The zero-order valence-electron chi connectivity index (χ0n) is 6.21. The molecule has 0 aliphatic heterocycles. The van der Waals surface area contributed by atoms with Crippen molar-refractivity contribution in [2.75, 3.05) is 0 Å². The summed E-state index contributed by atoms with van der Waals surface area (Å²) in [5, 5.41) is 4.09. The molecule has 2 aromatic heterocycles. The Morgan fingerprint density at radius 2 is 2.42 bits per heavy atom. The number of fused-ring (bicyclic) bond motifs is 1. The van der Waals surface area contributed by atoms with Gasteiger partial charge in [0.1, 0.15) is 5.82 Å². The first kappa shape index (κ1) is 7.71. The van der Waals surface area contributed by atoms with Gasteiger partial charge < -0.3 is 4.98 Å². The molecule has 1 N–H and O–H groups in total. The van der Waals surface area contributed by atoms with E-state index in [0.717, 1.165) is 0 Å². The number of hydrogen-bond donors (Lipinski definition) is 1. The molecule has 0 radical (unpaired) electrons. The summed E-state index contributed by atoms with van der Waals surface area (Å²) in [5.41, 5.74) is 0.322. The lowest BCUT2D eigenvalue weighted by molar-refractivity contribution is 0.817. The van der Waals surface area contributed by atoms with Crippen molar-refractivity contribution in [1.82, 2.24) is 19.6 Å². The summed E-state index contributed by atoms with van der Waals surface area (Å²) < 4.78 is 2.21. The molecule has 62 valence electrons. The van der Waals surface area contributed by atoms with Crippen LogP contribution in [0.2, 0.25) is 0 Å². The van der Waals surface area contributed by atoms with Crippen LogP contribution >= 0.6 is 22.6 Å². The van der Waals surface area contributed by atoms with E-state index in [0.29, 0.717) is 15.2 Å². The van der Waals surface area contributed by atoms with Gasteiger partial charge in [-0.2, -0.15) is 5.10 Å². The molecule has 5 nitrogen and oxygen atoms in total. The maximum absolute atomic E-state index is 11.3. The number of nitrogens with one attached hydrogen (secondary N) is 1. The molecular formula is C6H5IN4O. The normalized spacial score (nSPS) is 10.8. The van der Waals surface area contributed by atoms with Gasteiger partial charge in [-0.25, -0.2) is 9.50 Å². The standard InChI is InChI=1S/C6H5IN4O/c1-3-9-5(12)4-2-8-6(7)11(4)10-3/h2H,1H3,(H,9,10,12). The monoisotopic (exact) mass is 276 g/mol.